The normalized spacial score (nSPS) is 12.0. The monoisotopic (exact) mass is 614 g/mol. The van der Waals surface area contributed by atoms with Crippen LogP contribution in [0.15, 0.2) is 152 Å². The van der Waals surface area contributed by atoms with Gasteiger partial charge in [0.25, 0.3) is 0 Å². The number of nitrogens with zero attached hydrogens (tertiary/aromatic N) is 3. The summed E-state index contributed by atoms with van der Waals surface area (Å²) in [7, 11) is 0. The second-order valence-electron chi connectivity index (χ2n) is 12.0. The zero-order chi connectivity index (χ0) is 31.9. The molecule has 0 unspecified atom stereocenters. The predicted molar refractivity (Wildman–Crippen MR) is 200 cm³/mol. The van der Waals surface area contributed by atoms with Crippen LogP contribution in [0.2, 0.25) is 0 Å². The maximum absolute atomic E-state index is 5.29. The molecule has 4 aromatic carbocycles. The Bertz CT molecular complexity index is 2520. The van der Waals surface area contributed by atoms with Crippen LogP contribution in [0.5, 0.6) is 0 Å². The summed E-state index contributed by atoms with van der Waals surface area (Å²) in [5, 5.41) is 0. The number of rotatable bonds is 4. The van der Waals surface area contributed by atoms with Gasteiger partial charge in [0.2, 0.25) is 0 Å². The lowest BCUT2D eigenvalue weighted by Crippen LogP contribution is -1.97. The Balaban J connectivity index is 1.61. The van der Waals surface area contributed by atoms with Crippen molar-refractivity contribution in [3.63, 3.8) is 0 Å². The van der Waals surface area contributed by atoms with E-state index < -0.39 is 0 Å². The van der Waals surface area contributed by atoms with Gasteiger partial charge in [0.1, 0.15) is 0 Å². The lowest BCUT2D eigenvalue weighted by molar-refractivity contribution is 1.17. The summed E-state index contributed by atoms with van der Waals surface area (Å²) in [6.45, 7) is 0. The molecule has 226 valence electrons. The van der Waals surface area contributed by atoms with E-state index in [0.29, 0.717) is 0 Å². The van der Waals surface area contributed by atoms with E-state index in [0.717, 1.165) is 83.9 Å². The number of aromatic nitrogens is 4. The predicted octanol–water partition coefficient (Wildman–Crippen LogP) is 11.1. The van der Waals surface area contributed by atoms with Crippen molar-refractivity contribution in [3.05, 3.63) is 174 Å². The van der Waals surface area contributed by atoms with Crippen LogP contribution in [0.4, 0.5) is 0 Å². The van der Waals surface area contributed by atoms with Crippen LogP contribution in [-0.2, 0) is 0 Å². The number of para-hydroxylation sites is 1. The first-order valence-electron chi connectivity index (χ1n) is 16.2. The van der Waals surface area contributed by atoms with Crippen LogP contribution < -0.4 is 0 Å². The van der Waals surface area contributed by atoms with Gasteiger partial charge in [-0.1, -0.05) is 109 Å². The minimum Gasteiger partial charge on any atom is -0.355 e. The quantitative estimate of drug-likeness (QED) is 0.214. The number of nitrogens with one attached hydrogen (secondary N) is 1. The van der Waals surface area contributed by atoms with E-state index in [9.17, 15) is 0 Å². The van der Waals surface area contributed by atoms with E-state index in [4.69, 9.17) is 9.97 Å². The third-order valence-corrected chi connectivity index (χ3v) is 8.87. The van der Waals surface area contributed by atoms with Crippen molar-refractivity contribution in [2.24, 2.45) is 0 Å². The SMILES string of the molecule is C1=Cc2cc3c(-c4ccccc4)c(-c4ccccc4)c(c(-c4ccccc4)c4nc(cc5ccc(cc1n2)[nH]5)C=C4)n3-c1ccccc1. The van der Waals surface area contributed by atoms with Crippen molar-refractivity contribution in [2.75, 3.05) is 0 Å². The largest absolute Gasteiger partial charge is 0.355 e. The van der Waals surface area contributed by atoms with Gasteiger partial charge in [-0.25, -0.2) is 9.97 Å². The van der Waals surface area contributed by atoms with Crippen molar-refractivity contribution in [2.45, 2.75) is 0 Å². The van der Waals surface area contributed by atoms with E-state index in [1.54, 1.807) is 0 Å². The fourth-order valence-corrected chi connectivity index (χ4v) is 6.81. The van der Waals surface area contributed by atoms with Crippen LogP contribution in [0.25, 0.3) is 85.4 Å². The summed E-state index contributed by atoms with van der Waals surface area (Å²) in [5.74, 6) is 0. The van der Waals surface area contributed by atoms with Crippen LogP contribution in [-0.4, -0.2) is 19.5 Å². The number of H-pyrrole nitrogens is 1. The number of benzene rings is 4. The molecule has 4 nitrogen and oxygen atoms in total. The van der Waals surface area contributed by atoms with Gasteiger partial charge < -0.3 is 9.55 Å². The summed E-state index contributed by atoms with van der Waals surface area (Å²) in [6, 6.07) is 53.3. The second-order valence-corrected chi connectivity index (χ2v) is 12.0. The van der Waals surface area contributed by atoms with Crippen LogP contribution in [0.3, 0.4) is 0 Å². The Hall–Kier alpha value is -6.52. The molecule has 0 atom stereocenters. The van der Waals surface area contributed by atoms with Gasteiger partial charge in [0, 0.05) is 33.4 Å². The molecule has 3 aromatic heterocycles. The first-order valence-corrected chi connectivity index (χ1v) is 16.2. The molecule has 0 spiro atoms. The van der Waals surface area contributed by atoms with Gasteiger partial charge in [-0.3, -0.25) is 0 Å². The van der Waals surface area contributed by atoms with E-state index in [1.165, 1.54) is 0 Å². The van der Waals surface area contributed by atoms with Gasteiger partial charge in [-0.15, -0.1) is 0 Å². The molecule has 4 heteroatoms. The maximum Gasteiger partial charge on any atom is 0.0737 e. The summed E-state index contributed by atoms with van der Waals surface area (Å²) < 4.78 is 2.41. The third kappa shape index (κ3) is 4.97. The number of fused-ring (bicyclic) bond motifs is 8. The zero-order valence-electron chi connectivity index (χ0n) is 26.1. The fraction of sp³-hybridized carbons (Fsp3) is 0. The Labute approximate surface area is 278 Å². The number of hydrogen-bond donors (Lipinski definition) is 1. The molecule has 9 rings (SSSR count). The van der Waals surface area contributed by atoms with Crippen LogP contribution >= 0.6 is 0 Å². The topological polar surface area (TPSA) is 46.5 Å². The highest BCUT2D eigenvalue weighted by Crippen LogP contribution is 2.47. The lowest BCUT2D eigenvalue weighted by atomic mass is 9.93. The highest BCUT2D eigenvalue weighted by Gasteiger charge is 2.25. The van der Waals surface area contributed by atoms with E-state index in [2.05, 4.69) is 186 Å². The molecule has 0 amide bonds. The summed E-state index contributed by atoms with van der Waals surface area (Å²) in [4.78, 5) is 13.9. The average molecular weight is 615 g/mol. The Morgan fingerprint density at radius 3 is 1.50 bits per heavy atom. The number of hydrogen-bond acceptors (Lipinski definition) is 2. The van der Waals surface area contributed by atoms with E-state index in [-0.39, 0.29) is 0 Å². The second kappa shape index (κ2) is 11.7. The molecule has 0 fully saturated rings. The Morgan fingerprint density at radius 1 is 0.417 bits per heavy atom. The highest BCUT2D eigenvalue weighted by molar-refractivity contribution is 6.10. The van der Waals surface area contributed by atoms with Crippen LogP contribution in [0, 0.1) is 0 Å². The molecular weight excluding hydrogens is 585 g/mol. The van der Waals surface area contributed by atoms with E-state index >= 15 is 0 Å². The molecule has 7 aromatic rings. The van der Waals surface area contributed by atoms with Crippen LogP contribution in [0.1, 0.15) is 22.8 Å². The first kappa shape index (κ1) is 27.8. The number of aromatic amines is 1. The van der Waals surface area contributed by atoms with Gasteiger partial charge in [-0.05, 0) is 83.5 Å². The molecule has 0 radical (unpaired) electrons. The molecule has 2 aliphatic heterocycles. The standard InChI is InChI=1S/C44H30N4/c1-5-13-30(14-6-1)41-39-26-25-36(47-39)28-35-22-21-33(45-35)27-34-23-24-37(46-34)29-40-42(31-15-7-2-8-16-31)43(32-17-9-3-10-18-32)44(41)48(40)38-19-11-4-12-20-38/h1-29,45H. The highest BCUT2D eigenvalue weighted by atomic mass is 15.0. The minimum absolute atomic E-state index is 0.889. The molecular formula is C44H30N4. The summed E-state index contributed by atoms with van der Waals surface area (Å²) in [6.07, 6.45) is 8.44. The molecule has 2 aliphatic rings. The third-order valence-electron chi connectivity index (χ3n) is 8.87. The molecule has 48 heavy (non-hydrogen) atoms. The molecule has 0 saturated carbocycles. The van der Waals surface area contributed by atoms with Gasteiger partial charge in [0.05, 0.1) is 33.8 Å². The van der Waals surface area contributed by atoms with Gasteiger partial charge in [0.15, 0.2) is 0 Å². The molecule has 5 heterocycles. The van der Waals surface area contributed by atoms with Crippen molar-refractivity contribution >= 4 is 46.4 Å². The van der Waals surface area contributed by atoms with Crippen molar-refractivity contribution in [1.29, 1.82) is 0 Å². The van der Waals surface area contributed by atoms with Crippen molar-refractivity contribution in [3.8, 4) is 39.1 Å². The van der Waals surface area contributed by atoms with Gasteiger partial charge >= 0.3 is 0 Å². The molecule has 8 bridgehead atoms. The van der Waals surface area contributed by atoms with Crippen molar-refractivity contribution in [1.82, 2.24) is 19.5 Å². The summed E-state index contributed by atoms with van der Waals surface area (Å²) >= 11 is 0. The first-order chi connectivity index (χ1) is 23.8. The lowest BCUT2D eigenvalue weighted by Gasteiger charge is -2.13. The van der Waals surface area contributed by atoms with Crippen molar-refractivity contribution < 1.29 is 0 Å². The molecule has 0 saturated heterocycles. The van der Waals surface area contributed by atoms with E-state index in [1.807, 2.05) is 0 Å². The minimum atomic E-state index is 0.889. The summed E-state index contributed by atoms with van der Waals surface area (Å²) in [5.41, 5.74) is 15.4. The average Bonchev–Trinajstić information content (AvgIpc) is 3.95. The maximum atomic E-state index is 5.29. The Kier molecular flexibility index (Phi) is 6.76. The zero-order valence-corrected chi connectivity index (χ0v) is 26.1. The fourth-order valence-electron chi connectivity index (χ4n) is 6.81. The smallest absolute Gasteiger partial charge is 0.0737 e. The molecule has 1 N–H and O–H groups in total. The van der Waals surface area contributed by atoms with Gasteiger partial charge in [-0.2, -0.15) is 0 Å². The molecule has 0 aliphatic carbocycles. The Morgan fingerprint density at radius 2 is 0.896 bits per heavy atom.